The fourth-order valence-electron chi connectivity index (χ4n) is 9.68. The van der Waals surface area contributed by atoms with E-state index in [9.17, 15) is 10.2 Å². The van der Waals surface area contributed by atoms with Crippen LogP contribution in [0.25, 0.3) is 0 Å². The van der Waals surface area contributed by atoms with E-state index in [0.717, 1.165) is 61.3 Å². The normalized spacial score (nSPS) is 18.6. The lowest BCUT2D eigenvalue weighted by Crippen LogP contribution is -2.57. The van der Waals surface area contributed by atoms with Gasteiger partial charge in [0.25, 0.3) is 0 Å². The summed E-state index contributed by atoms with van der Waals surface area (Å²) in [6.45, 7) is 40.1. The maximum absolute atomic E-state index is 11.7. The molecule has 284 valence electrons. The number of rotatable bonds is 14. The highest BCUT2D eigenvalue weighted by Crippen LogP contribution is 2.45. The molecule has 0 saturated carbocycles. The third-order valence-electron chi connectivity index (χ3n) is 11.6. The molecular weight excluding hydrogens is 613 g/mol. The summed E-state index contributed by atoms with van der Waals surface area (Å²) in [7, 11) is 0. The Morgan fingerprint density at radius 1 is 0.580 bits per heavy atom. The molecule has 2 unspecified atom stereocenters. The number of unbranched alkanes of at least 4 members (excludes halogenated alkanes) is 2. The van der Waals surface area contributed by atoms with E-state index < -0.39 is 0 Å². The predicted octanol–water partition coefficient (Wildman–Crippen LogP) is 12.2. The molecule has 2 N–H and O–H groups in total. The molecule has 4 nitrogen and oxygen atoms in total. The number of nitrogens with zero attached hydrogens (tertiary/aromatic N) is 2. The Balaban J connectivity index is 1.99. The van der Waals surface area contributed by atoms with Crippen LogP contribution in [0, 0.1) is 38.5 Å². The van der Waals surface area contributed by atoms with Gasteiger partial charge in [0.1, 0.15) is 11.5 Å². The summed E-state index contributed by atoms with van der Waals surface area (Å²) in [6.07, 6.45) is 9.20. The lowest BCUT2D eigenvalue weighted by molar-refractivity contribution is 0.00934. The molecule has 1 heterocycles. The van der Waals surface area contributed by atoms with E-state index in [-0.39, 0.29) is 21.7 Å². The first-order chi connectivity index (χ1) is 22.9. The zero-order valence-corrected chi connectivity index (χ0v) is 35.6. The Kier molecular flexibility index (Phi) is 13.8. The molecule has 1 aliphatic heterocycles. The van der Waals surface area contributed by atoms with Gasteiger partial charge in [0.2, 0.25) is 0 Å². The summed E-state index contributed by atoms with van der Waals surface area (Å²) in [5, 5.41) is 23.4. The standard InChI is InChI=1S/C46H78N2O2/c1-17-19-21-35-25-48(28-38-32(4)24-40(42(50)34(38)6)46(15,16)30-44(10,11)12)36(22-20-18-2)26-47(35)27-37-31(3)23-39(41(49)33(37)5)45(13,14)29-43(7,8)9/h23-24,35-36,49-50H,17-22,25-30H2,1-16H3. The molecule has 1 aliphatic rings. The van der Waals surface area contributed by atoms with Gasteiger partial charge in [-0.3, -0.25) is 9.80 Å². The van der Waals surface area contributed by atoms with E-state index in [2.05, 4.69) is 133 Å². The van der Waals surface area contributed by atoms with Crippen LogP contribution in [-0.4, -0.2) is 45.2 Å². The second kappa shape index (κ2) is 16.3. The van der Waals surface area contributed by atoms with Gasteiger partial charge < -0.3 is 10.2 Å². The van der Waals surface area contributed by atoms with Crippen molar-refractivity contribution in [3.8, 4) is 11.5 Å². The minimum atomic E-state index is -0.109. The number of hydrogen-bond acceptors (Lipinski definition) is 4. The number of phenolic OH excluding ortho intramolecular Hbond substituents is 2. The zero-order chi connectivity index (χ0) is 38.0. The predicted molar refractivity (Wildman–Crippen MR) is 217 cm³/mol. The lowest BCUT2D eigenvalue weighted by atomic mass is 9.71. The summed E-state index contributed by atoms with van der Waals surface area (Å²) in [4.78, 5) is 5.52. The number of piperazine rings is 1. The minimum absolute atomic E-state index is 0.109. The summed E-state index contributed by atoms with van der Waals surface area (Å²) in [6, 6.07) is 5.48. The van der Waals surface area contributed by atoms with E-state index >= 15 is 0 Å². The SMILES string of the molecule is CCCCC1CN(Cc2c(C)cc(C(C)(C)CC(C)(C)C)c(O)c2C)C(CCCC)CN1Cc1c(C)cc(C(C)(C)CC(C)(C)C)c(O)c1C. The van der Waals surface area contributed by atoms with Crippen LogP contribution in [0.15, 0.2) is 12.1 Å². The van der Waals surface area contributed by atoms with E-state index in [1.54, 1.807) is 0 Å². The highest BCUT2D eigenvalue weighted by molar-refractivity contribution is 5.53. The van der Waals surface area contributed by atoms with Crippen molar-refractivity contribution in [1.29, 1.82) is 0 Å². The Labute approximate surface area is 309 Å². The van der Waals surface area contributed by atoms with Gasteiger partial charge in [-0.1, -0.05) is 121 Å². The monoisotopic (exact) mass is 691 g/mol. The first-order valence-corrected chi connectivity index (χ1v) is 20.1. The number of aryl methyl sites for hydroxylation is 2. The molecule has 0 aromatic heterocycles. The van der Waals surface area contributed by atoms with Gasteiger partial charge in [0.05, 0.1) is 0 Å². The van der Waals surface area contributed by atoms with Crippen molar-refractivity contribution in [2.75, 3.05) is 13.1 Å². The second-order valence-electron chi connectivity index (χ2n) is 20.1. The van der Waals surface area contributed by atoms with E-state index in [1.807, 2.05) is 0 Å². The average molecular weight is 691 g/mol. The van der Waals surface area contributed by atoms with Crippen LogP contribution < -0.4 is 0 Å². The molecule has 50 heavy (non-hydrogen) atoms. The maximum Gasteiger partial charge on any atom is 0.122 e. The van der Waals surface area contributed by atoms with Gasteiger partial charge in [-0.25, -0.2) is 0 Å². The molecule has 1 fully saturated rings. The molecule has 2 aromatic rings. The first-order valence-electron chi connectivity index (χ1n) is 20.1. The number of hydrogen-bond donors (Lipinski definition) is 2. The van der Waals surface area contributed by atoms with Crippen molar-refractivity contribution in [3.05, 3.63) is 56.6 Å². The quantitative estimate of drug-likeness (QED) is 0.207. The summed E-state index contributed by atoms with van der Waals surface area (Å²) >= 11 is 0. The first kappa shape index (κ1) is 42.4. The maximum atomic E-state index is 11.7. The van der Waals surface area contributed by atoms with Crippen molar-refractivity contribution < 1.29 is 10.2 Å². The average Bonchev–Trinajstić information content (AvgIpc) is 2.97. The van der Waals surface area contributed by atoms with Crippen molar-refractivity contribution in [1.82, 2.24) is 9.80 Å². The van der Waals surface area contributed by atoms with Crippen molar-refractivity contribution in [3.63, 3.8) is 0 Å². The van der Waals surface area contributed by atoms with Crippen LogP contribution in [-0.2, 0) is 23.9 Å². The number of benzene rings is 2. The third kappa shape index (κ3) is 10.5. The third-order valence-corrected chi connectivity index (χ3v) is 11.6. The largest absolute Gasteiger partial charge is 0.507 e. The van der Waals surface area contributed by atoms with Crippen LogP contribution in [0.5, 0.6) is 11.5 Å². The van der Waals surface area contributed by atoms with E-state index in [4.69, 9.17) is 0 Å². The Morgan fingerprint density at radius 3 is 1.18 bits per heavy atom. The van der Waals surface area contributed by atoms with Gasteiger partial charge in [-0.05, 0) is 108 Å². The number of phenols is 2. The molecule has 2 aromatic carbocycles. The Morgan fingerprint density at radius 2 is 0.900 bits per heavy atom. The number of aromatic hydroxyl groups is 2. The zero-order valence-electron chi connectivity index (χ0n) is 35.6. The van der Waals surface area contributed by atoms with E-state index in [0.29, 0.717) is 23.6 Å². The summed E-state index contributed by atoms with van der Waals surface area (Å²) in [5.74, 6) is 0.983. The smallest absolute Gasteiger partial charge is 0.122 e. The molecule has 3 rings (SSSR count). The van der Waals surface area contributed by atoms with Gasteiger partial charge in [-0.15, -0.1) is 0 Å². The molecule has 0 amide bonds. The fraction of sp³-hybridized carbons (Fsp3) is 0.739. The van der Waals surface area contributed by atoms with Crippen LogP contribution in [0.3, 0.4) is 0 Å². The summed E-state index contributed by atoms with van der Waals surface area (Å²) < 4.78 is 0. The molecule has 0 bridgehead atoms. The lowest BCUT2D eigenvalue weighted by Gasteiger charge is -2.47. The van der Waals surface area contributed by atoms with Crippen LogP contribution in [0.1, 0.15) is 179 Å². The van der Waals surface area contributed by atoms with Gasteiger partial charge in [-0.2, -0.15) is 0 Å². The Bertz CT molecular complexity index is 1330. The molecule has 1 saturated heterocycles. The van der Waals surface area contributed by atoms with Gasteiger partial charge in [0.15, 0.2) is 0 Å². The summed E-state index contributed by atoms with van der Waals surface area (Å²) in [5.41, 5.74) is 9.62. The Hall–Kier alpha value is -2.04. The molecule has 2 atom stereocenters. The van der Waals surface area contributed by atoms with Gasteiger partial charge >= 0.3 is 0 Å². The highest BCUT2D eigenvalue weighted by Gasteiger charge is 2.37. The minimum Gasteiger partial charge on any atom is -0.507 e. The van der Waals surface area contributed by atoms with E-state index in [1.165, 1.54) is 60.8 Å². The topological polar surface area (TPSA) is 46.9 Å². The van der Waals surface area contributed by atoms with Crippen LogP contribution >= 0.6 is 0 Å². The van der Waals surface area contributed by atoms with Crippen molar-refractivity contribution in [2.45, 2.75) is 198 Å². The molecule has 0 spiro atoms. The molecule has 4 heteroatoms. The highest BCUT2D eigenvalue weighted by atomic mass is 16.3. The van der Waals surface area contributed by atoms with Crippen molar-refractivity contribution >= 4 is 0 Å². The van der Waals surface area contributed by atoms with Crippen LogP contribution in [0.2, 0.25) is 0 Å². The van der Waals surface area contributed by atoms with Gasteiger partial charge in [0, 0.05) is 49.4 Å². The second-order valence-corrected chi connectivity index (χ2v) is 20.1. The molecule has 0 aliphatic carbocycles. The van der Waals surface area contributed by atoms with Crippen molar-refractivity contribution in [2.24, 2.45) is 10.8 Å². The molecular formula is C46H78N2O2. The van der Waals surface area contributed by atoms with Crippen LogP contribution in [0.4, 0.5) is 0 Å². The fourth-order valence-corrected chi connectivity index (χ4v) is 9.68. The molecule has 0 radical (unpaired) electrons.